The van der Waals surface area contributed by atoms with E-state index in [-0.39, 0.29) is 23.6 Å². The summed E-state index contributed by atoms with van der Waals surface area (Å²) in [6.45, 7) is 1.89. The van der Waals surface area contributed by atoms with Crippen molar-refractivity contribution in [1.82, 2.24) is 10.3 Å². The summed E-state index contributed by atoms with van der Waals surface area (Å²) in [6, 6.07) is 8.67. The maximum Gasteiger partial charge on any atom is 0.274 e. The zero-order chi connectivity index (χ0) is 19.2. The Hall–Kier alpha value is -2.40. The molecule has 0 unspecified atom stereocenters. The lowest BCUT2D eigenvalue weighted by atomic mass is 10.1. The topological polar surface area (TPSA) is 71.1 Å². The number of halogens is 1. The van der Waals surface area contributed by atoms with Crippen LogP contribution in [0.3, 0.4) is 0 Å². The molecular weight excluding hydrogens is 362 g/mol. The van der Waals surface area contributed by atoms with Gasteiger partial charge < -0.3 is 10.6 Å². The number of nitrogens with one attached hydrogen (secondary N) is 2. The molecule has 2 amide bonds. The average Bonchev–Trinajstić information content (AvgIpc) is 2.93. The van der Waals surface area contributed by atoms with Crippen LogP contribution in [0.1, 0.15) is 64.9 Å². The molecule has 2 N–H and O–H groups in total. The molecule has 3 rings (SSSR count). The summed E-state index contributed by atoms with van der Waals surface area (Å²) >= 11 is 6.09. The first kappa shape index (κ1) is 19.4. The van der Waals surface area contributed by atoms with Crippen LogP contribution in [-0.2, 0) is 0 Å². The van der Waals surface area contributed by atoms with Crippen LogP contribution in [0.25, 0.3) is 0 Å². The molecule has 0 atom stereocenters. The number of pyridine rings is 1. The molecule has 0 spiro atoms. The van der Waals surface area contributed by atoms with Gasteiger partial charge in [-0.05, 0) is 49.6 Å². The third kappa shape index (κ3) is 5.30. The number of benzene rings is 1. The first-order valence-corrected chi connectivity index (χ1v) is 9.75. The highest BCUT2D eigenvalue weighted by Crippen LogP contribution is 2.21. The molecule has 1 heterocycles. The Bertz CT molecular complexity index is 830. The largest absolute Gasteiger partial charge is 0.349 e. The van der Waals surface area contributed by atoms with Crippen molar-refractivity contribution in [3.63, 3.8) is 0 Å². The Kier molecular flexibility index (Phi) is 6.45. The number of rotatable bonds is 4. The number of anilines is 1. The van der Waals surface area contributed by atoms with Crippen LogP contribution in [0.4, 0.5) is 5.69 Å². The van der Waals surface area contributed by atoms with Gasteiger partial charge in [-0.25, -0.2) is 0 Å². The van der Waals surface area contributed by atoms with Crippen LogP contribution in [0.15, 0.2) is 36.5 Å². The Morgan fingerprint density at radius 2 is 1.78 bits per heavy atom. The van der Waals surface area contributed by atoms with Crippen LogP contribution in [0, 0.1) is 6.92 Å². The number of aryl methyl sites for hydroxylation is 1. The van der Waals surface area contributed by atoms with E-state index in [2.05, 4.69) is 15.6 Å². The highest BCUT2D eigenvalue weighted by molar-refractivity contribution is 6.31. The lowest BCUT2D eigenvalue weighted by molar-refractivity contribution is 0.0933. The van der Waals surface area contributed by atoms with Crippen LogP contribution in [0.2, 0.25) is 5.02 Å². The van der Waals surface area contributed by atoms with Gasteiger partial charge in [-0.2, -0.15) is 0 Å². The van der Waals surface area contributed by atoms with Gasteiger partial charge >= 0.3 is 0 Å². The fraction of sp³-hybridized carbons (Fsp3) is 0.381. The highest BCUT2D eigenvalue weighted by Gasteiger charge is 2.17. The number of carbonyl (C=O) groups is 2. The van der Waals surface area contributed by atoms with E-state index in [0.717, 1.165) is 31.2 Å². The second-order valence-electron chi connectivity index (χ2n) is 7.01. The van der Waals surface area contributed by atoms with E-state index in [1.807, 2.05) is 13.0 Å². The van der Waals surface area contributed by atoms with Gasteiger partial charge in [0.1, 0.15) is 5.69 Å². The van der Waals surface area contributed by atoms with Gasteiger partial charge in [0.25, 0.3) is 11.8 Å². The molecule has 6 heteroatoms. The predicted octanol–water partition coefficient (Wildman–Crippen LogP) is 4.75. The van der Waals surface area contributed by atoms with E-state index in [1.54, 1.807) is 18.2 Å². The Balaban J connectivity index is 1.67. The fourth-order valence-electron chi connectivity index (χ4n) is 3.25. The number of nitrogens with zero attached hydrogens (tertiary/aromatic N) is 1. The van der Waals surface area contributed by atoms with Crippen LogP contribution < -0.4 is 10.6 Å². The molecule has 1 aromatic heterocycles. The SMILES string of the molecule is Cc1ccc(NC(=O)c2cc(C(=O)NC3CCCCCC3)ccn2)cc1Cl. The predicted molar refractivity (Wildman–Crippen MR) is 107 cm³/mol. The second kappa shape index (κ2) is 9.00. The summed E-state index contributed by atoms with van der Waals surface area (Å²) in [6.07, 6.45) is 8.27. The van der Waals surface area contributed by atoms with Gasteiger partial charge in [-0.1, -0.05) is 43.4 Å². The number of hydrogen-bond acceptors (Lipinski definition) is 3. The minimum Gasteiger partial charge on any atom is -0.349 e. The van der Waals surface area contributed by atoms with Gasteiger partial charge in [0.05, 0.1) is 0 Å². The van der Waals surface area contributed by atoms with E-state index in [4.69, 9.17) is 11.6 Å². The van der Waals surface area contributed by atoms with Crippen LogP contribution in [-0.4, -0.2) is 22.8 Å². The molecule has 0 radical (unpaired) electrons. The zero-order valence-corrected chi connectivity index (χ0v) is 16.2. The number of aromatic nitrogens is 1. The van der Waals surface area contributed by atoms with Gasteiger partial charge in [0, 0.05) is 28.5 Å². The van der Waals surface area contributed by atoms with E-state index < -0.39 is 0 Å². The zero-order valence-electron chi connectivity index (χ0n) is 15.4. The quantitative estimate of drug-likeness (QED) is 0.746. The van der Waals surface area contributed by atoms with E-state index in [0.29, 0.717) is 16.3 Å². The van der Waals surface area contributed by atoms with Gasteiger partial charge in [-0.3, -0.25) is 14.6 Å². The summed E-state index contributed by atoms with van der Waals surface area (Å²) in [5.74, 6) is -0.532. The van der Waals surface area contributed by atoms with Crippen LogP contribution >= 0.6 is 11.6 Å². The summed E-state index contributed by atoms with van der Waals surface area (Å²) in [4.78, 5) is 29.1. The first-order valence-electron chi connectivity index (χ1n) is 9.37. The first-order chi connectivity index (χ1) is 13.0. The van der Waals surface area contributed by atoms with Gasteiger partial charge in [0.15, 0.2) is 0 Å². The van der Waals surface area contributed by atoms with E-state index in [9.17, 15) is 9.59 Å². The smallest absolute Gasteiger partial charge is 0.274 e. The van der Waals surface area contributed by atoms with Gasteiger partial charge in [0.2, 0.25) is 0 Å². The van der Waals surface area contributed by atoms with Crippen molar-refractivity contribution in [2.24, 2.45) is 0 Å². The van der Waals surface area contributed by atoms with Crippen molar-refractivity contribution in [2.75, 3.05) is 5.32 Å². The minimum absolute atomic E-state index is 0.156. The Morgan fingerprint density at radius 3 is 2.48 bits per heavy atom. The molecule has 1 fully saturated rings. The number of carbonyl (C=O) groups excluding carboxylic acids is 2. The summed E-state index contributed by atoms with van der Waals surface area (Å²) in [5.41, 5.74) is 2.16. The van der Waals surface area contributed by atoms with Crippen molar-refractivity contribution >= 4 is 29.1 Å². The number of amides is 2. The third-order valence-corrected chi connectivity index (χ3v) is 5.28. The molecule has 5 nitrogen and oxygen atoms in total. The van der Waals surface area contributed by atoms with Crippen molar-refractivity contribution in [1.29, 1.82) is 0 Å². The lowest BCUT2D eigenvalue weighted by Crippen LogP contribution is -2.34. The molecule has 1 aromatic carbocycles. The highest BCUT2D eigenvalue weighted by atomic mass is 35.5. The molecule has 0 saturated heterocycles. The lowest BCUT2D eigenvalue weighted by Gasteiger charge is -2.16. The molecule has 1 aliphatic rings. The molecule has 27 heavy (non-hydrogen) atoms. The van der Waals surface area contributed by atoms with E-state index >= 15 is 0 Å². The molecule has 1 saturated carbocycles. The monoisotopic (exact) mass is 385 g/mol. The molecule has 2 aromatic rings. The van der Waals surface area contributed by atoms with Gasteiger partial charge in [-0.15, -0.1) is 0 Å². The normalized spacial score (nSPS) is 15.0. The molecule has 1 aliphatic carbocycles. The van der Waals surface area contributed by atoms with Crippen molar-refractivity contribution < 1.29 is 9.59 Å². The van der Waals surface area contributed by atoms with Crippen LogP contribution in [0.5, 0.6) is 0 Å². The standard InChI is InChI=1S/C21H24ClN3O2/c1-14-8-9-17(13-18(14)22)25-21(27)19-12-15(10-11-23-19)20(26)24-16-6-4-2-3-5-7-16/h8-13,16H,2-7H2,1H3,(H,24,26)(H,25,27). The molecular formula is C21H24ClN3O2. The van der Waals surface area contributed by atoms with Crippen molar-refractivity contribution in [2.45, 2.75) is 51.5 Å². The van der Waals surface area contributed by atoms with Crippen molar-refractivity contribution in [3.8, 4) is 0 Å². The molecule has 0 bridgehead atoms. The minimum atomic E-state index is -0.376. The Morgan fingerprint density at radius 1 is 1.04 bits per heavy atom. The second-order valence-corrected chi connectivity index (χ2v) is 7.42. The number of hydrogen-bond donors (Lipinski definition) is 2. The average molecular weight is 386 g/mol. The third-order valence-electron chi connectivity index (χ3n) is 4.87. The molecule has 142 valence electrons. The summed E-state index contributed by atoms with van der Waals surface area (Å²) in [7, 11) is 0. The maximum atomic E-state index is 12.6. The molecule has 0 aliphatic heterocycles. The summed E-state index contributed by atoms with van der Waals surface area (Å²) in [5, 5.41) is 6.43. The Labute approximate surface area is 164 Å². The van der Waals surface area contributed by atoms with E-state index in [1.165, 1.54) is 25.1 Å². The summed E-state index contributed by atoms with van der Waals surface area (Å²) < 4.78 is 0. The maximum absolute atomic E-state index is 12.6. The van der Waals surface area contributed by atoms with Crippen molar-refractivity contribution in [3.05, 3.63) is 58.4 Å². The fourth-order valence-corrected chi connectivity index (χ4v) is 3.43.